The first kappa shape index (κ1) is 13.0. The normalized spacial score (nSPS) is 10.4. The molecule has 3 heteroatoms. The third-order valence-corrected chi connectivity index (χ3v) is 3.50. The van der Waals surface area contributed by atoms with Crippen LogP contribution in [-0.2, 0) is 6.42 Å². The van der Waals surface area contributed by atoms with Crippen molar-refractivity contribution >= 4 is 21.7 Å². The minimum absolute atomic E-state index is 0.0734. The first-order valence-corrected chi connectivity index (χ1v) is 6.40. The average molecular weight is 307 g/mol. The molecule has 2 aromatic rings. The molecule has 0 aromatic heterocycles. The molecule has 18 heavy (non-hydrogen) atoms. The van der Waals surface area contributed by atoms with Crippen LogP contribution in [0.3, 0.4) is 0 Å². The molecule has 0 aliphatic carbocycles. The van der Waals surface area contributed by atoms with Crippen molar-refractivity contribution in [3.05, 3.63) is 69.4 Å². The Bertz CT molecular complexity index is 593. The smallest absolute Gasteiger partial charge is 0.167 e. The first-order chi connectivity index (χ1) is 8.58. The molecule has 92 valence electrons. The van der Waals surface area contributed by atoms with Crippen LogP contribution in [0.4, 0.5) is 4.39 Å². The van der Waals surface area contributed by atoms with E-state index in [1.807, 2.05) is 31.2 Å². The SMILES string of the molecule is Cc1ccccc1CC(=O)c1ccc(Br)c(F)c1. The summed E-state index contributed by atoms with van der Waals surface area (Å²) in [6.07, 6.45) is 0.299. The summed E-state index contributed by atoms with van der Waals surface area (Å²) in [5.41, 5.74) is 2.45. The third-order valence-electron chi connectivity index (χ3n) is 2.85. The minimum Gasteiger partial charge on any atom is -0.294 e. The summed E-state index contributed by atoms with van der Waals surface area (Å²) in [7, 11) is 0. The van der Waals surface area contributed by atoms with Crippen LogP contribution in [0.25, 0.3) is 0 Å². The fourth-order valence-corrected chi connectivity index (χ4v) is 2.00. The van der Waals surface area contributed by atoms with Gasteiger partial charge in [0.05, 0.1) is 4.47 Å². The molecule has 0 fully saturated rings. The summed E-state index contributed by atoms with van der Waals surface area (Å²) < 4.78 is 13.7. The summed E-state index contributed by atoms with van der Waals surface area (Å²) in [6.45, 7) is 1.96. The molecule has 2 aromatic carbocycles. The van der Waals surface area contributed by atoms with Crippen LogP contribution in [-0.4, -0.2) is 5.78 Å². The van der Waals surface area contributed by atoms with Gasteiger partial charge >= 0.3 is 0 Å². The van der Waals surface area contributed by atoms with Crippen LogP contribution in [0.2, 0.25) is 0 Å². The number of hydrogen-bond acceptors (Lipinski definition) is 1. The maximum Gasteiger partial charge on any atom is 0.167 e. The molecule has 0 N–H and O–H groups in total. The van der Waals surface area contributed by atoms with Crippen molar-refractivity contribution in [2.45, 2.75) is 13.3 Å². The highest BCUT2D eigenvalue weighted by Gasteiger charge is 2.10. The lowest BCUT2D eigenvalue weighted by Gasteiger charge is -2.05. The Morgan fingerprint density at radius 3 is 2.61 bits per heavy atom. The molecule has 0 amide bonds. The number of aryl methyl sites for hydroxylation is 1. The predicted molar refractivity (Wildman–Crippen MR) is 73.3 cm³/mol. The van der Waals surface area contributed by atoms with E-state index in [0.29, 0.717) is 16.5 Å². The van der Waals surface area contributed by atoms with Crippen LogP contribution in [0.1, 0.15) is 21.5 Å². The Morgan fingerprint density at radius 2 is 1.94 bits per heavy atom. The van der Waals surface area contributed by atoms with Gasteiger partial charge in [0, 0.05) is 12.0 Å². The van der Waals surface area contributed by atoms with Gasteiger partial charge in [0.2, 0.25) is 0 Å². The standard InChI is InChI=1S/C15H12BrFO/c1-10-4-2-3-5-11(10)9-15(18)12-6-7-13(16)14(17)8-12/h2-8H,9H2,1H3. The maximum absolute atomic E-state index is 13.4. The molecule has 0 heterocycles. The topological polar surface area (TPSA) is 17.1 Å². The second-order valence-electron chi connectivity index (χ2n) is 4.16. The van der Waals surface area contributed by atoms with Gasteiger partial charge in [0.25, 0.3) is 0 Å². The Labute approximate surface area is 114 Å². The number of carbonyl (C=O) groups excluding carboxylic acids is 1. The Balaban J connectivity index is 2.22. The molecule has 0 saturated carbocycles. The van der Waals surface area contributed by atoms with Crippen molar-refractivity contribution in [1.29, 1.82) is 0 Å². The number of Topliss-reactive ketones (excluding diaryl/α,β-unsaturated/α-hetero) is 1. The molecule has 0 spiro atoms. The average Bonchev–Trinajstić information content (AvgIpc) is 2.35. The molecule has 0 saturated heterocycles. The Morgan fingerprint density at radius 1 is 1.22 bits per heavy atom. The van der Waals surface area contributed by atoms with E-state index in [1.54, 1.807) is 12.1 Å². The van der Waals surface area contributed by atoms with Gasteiger partial charge in [-0.1, -0.05) is 30.3 Å². The van der Waals surface area contributed by atoms with Crippen molar-refractivity contribution in [3.63, 3.8) is 0 Å². The van der Waals surface area contributed by atoms with Crippen molar-refractivity contribution in [1.82, 2.24) is 0 Å². The highest BCUT2D eigenvalue weighted by Crippen LogP contribution is 2.18. The zero-order valence-electron chi connectivity index (χ0n) is 9.91. The van der Waals surface area contributed by atoms with E-state index >= 15 is 0 Å². The molecule has 0 aliphatic heterocycles. The van der Waals surface area contributed by atoms with Gasteiger partial charge in [-0.2, -0.15) is 0 Å². The predicted octanol–water partition coefficient (Wildman–Crippen LogP) is 4.32. The van der Waals surface area contributed by atoms with E-state index in [4.69, 9.17) is 0 Å². The second kappa shape index (κ2) is 5.44. The summed E-state index contributed by atoms with van der Waals surface area (Å²) >= 11 is 3.07. The molecule has 2 rings (SSSR count). The Kier molecular flexibility index (Phi) is 3.92. The van der Waals surface area contributed by atoms with E-state index in [9.17, 15) is 9.18 Å². The molecule has 0 atom stereocenters. The zero-order valence-corrected chi connectivity index (χ0v) is 11.5. The number of carbonyl (C=O) groups is 1. The number of halogens is 2. The Hall–Kier alpha value is -1.48. The van der Waals surface area contributed by atoms with Crippen molar-refractivity contribution in [3.8, 4) is 0 Å². The fourth-order valence-electron chi connectivity index (χ4n) is 1.75. The largest absolute Gasteiger partial charge is 0.294 e. The van der Waals surface area contributed by atoms with Crippen molar-refractivity contribution in [2.24, 2.45) is 0 Å². The van der Waals surface area contributed by atoms with Crippen LogP contribution >= 0.6 is 15.9 Å². The van der Waals surface area contributed by atoms with E-state index in [1.165, 1.54) is 6.07 Å². The van der Waals surface area contributed by atoms with E-state index in [2.05, 4.69) is 15.9 Å². The lowest BCUT2D eigenvalue weighted by atomic mass is 9.99. The molecular weight excluding hydrogens is 295 g/mol. The highest BCUT2D eigenvalue weighted by atomic mass is 79.9. The van der Waals surface area contributed by atoms with E-state index in [0.717, 1.165) is 11.1 Å². The van der Waals surface area contributed by atoms with Gasteiger partial charge in [0.1, 0.15) is 5.82 Å². The summed E-state index contributed by atoms with van der Waals surface area (Å²) in [6, 6.07) is 12.2. The van der Waals surface area contributed by atoms with Gasteiger partial charge in [-0.15, -0.1) is 0 Å². The molecule has 0 unspecified atom stereocenters. The third kappa shape index (κ3) is 2.85. The van der Waals surface area contributed by atoms with Crippen LogP contribution in [0.5, 0.6) is 0 Å². The number of ketones is 1. The van der Waals surface area contributed by atoms with Gasteiger partial charge in [-0.05, 0) is 46.1 Å². The monoisotopic (exact) mass is 306 g/mol. The molecule has 0 radical (unpaired) electrons. The van der Waals surface area contributed by atoms with E-state index in [-0.39, 0.29) is 5.78 Å². The lowest BCUT2D eigenvalue weighted by molar-refractivity contribution is 0.0992. The van der Waals surface area contributed by atoms with Crippen LogP contribution < -0.4 is 0 Å². The minimum atomic E-state index is -0.411. The number of benzene rings is 2. The van der Waals surface area contributed by atoms with Crippen LogP contribution in [0, 0.1) is 12.7 Å². The second-order valence-corrected chi connectivity index (χ2v) is 5.01. The van der Waals surface area contributed by atoms with Crippen LogP contribution in [0.15, 0.2) is 46.9 Å². The summed E-state index contributed by atoms with van der Waals surface area (Å²) in [5.74, 6) is -0.485. The number of hydrogen-bond donors (Lipinski definition) is 0. The quantitative estimate of drug-likeness (QED) is 0.772. The lowest BCUT2D eigenvalue weighted by Crippen LogP contribution is -2.05. The summed E-state index contributed by atoms with van der Waals surface area (Å²) in [4.78, 5) is 12.0. The van der Waals surface area contributed by atoms with Gasteiger partial charge in [0.15, 0.2) is 5.78 Å². The van der Waals surface area contributed by atoms with E-state index < -0.39 is 5.82 Å². The van der Waals surface area contributed by atoms with Gasteiger partial charge < -0.3 is 0 Å². The van der Waals surface area contributed by atoms with Gasteiger partial charge in [-0.25, -0.2) is 4.39 Å². The zero-order chi connectivity index (χ0) is 13.1. The molecule has 0 aliphatic rings. The van der Waals surface area contributed by atoms with Gasteiger partial charge in [-0.3, -0.25) is 4.79 Å². The van der Waals surface area contributed by atoms with Crippen molar-refractivity contribution in [2.75, 3.05) is 0 Å². The highest BCUT2D eigenvalue weighted by molar-refractivity contribution is 9.10. The number of rotatable bonds is 3. The maximum atomic E-state index is 13.4. The molecule has 0 bridgehead atoms. The fraction of sp³-hybridized carbons (Fsp3) is 0.133. The molecule has 1 nitrogen and oxygen atoms in total. The summed E-state index contributed by atoms with van der Waals surface area (Å²) in [5, 5.41) is 0. The first-order valence-electron chi connectivity index (χ1n) is 5.60. The van der Waals surface area contributed by atoms with Crippen molar-refractivity contribution < 1.29 is 9.18 Å². The molecular formula is C15H12BrFO.